The molecule has 0 saturated carbocycles. The Balaban J connectivity index is 1.23. The van der Waals surface area contributed by atoms with E-state index in [1.54, 1.807) is 24.3 Å². The summed E-state index contributed by atoms with van der Waals surface area (Å²) >= 11 is 4.02. The summed E-state index contributed by atoms with van der Waals surface area (Å²) in [5.74, 6) is -2.02. The minimum absolute atomic E-state index is 0.181. The van der Waals surface area contributed by atoms with Gasteiger partial charge in [-0.2, -0.15) is 0 Å². The van der Waals surface area contributed by atoms with E-state index in [0.29, 0.717) is 17.9 Å². The van der Waals surface area contributed by atoms with E-state index in [0.717, 1.165) is 41.5 Å². The van der Waals surface area contributed by atoms with Crippen LogP contribution in [0, 0.1) is 11.8 Å². The fourth-order valence-electron chi connectivity index (χ4n) is 6.81. The fraction of sp³-hybridized carbons (Fsp3) is 0.364. The van der Waals surface area contributed by atoms with Gasteiger partial charge in [0.2, 0.25) is 11.8 Å². The minimum Gasteiger partial charge on any atom is -0.462 e. The topological polar surface area (TPSA) is 63.7 Å². The van der Waals surface area contributed by atoms with Gasteiger partial charge in [-0.25, -0.2) is 9.69 Å². The normalized spacial score (nSPS) is 24.4. The number of unbranched alkanes of at least 4 members (excludes halogenated alkanes) is 5. The van der Waals surface area contributed by atoms with E-state index >= 15 is 0 Å². The molecule has 3 aromatic carbocycles. The van der Waals surface area contributed by atoms with Gasteiger partial charge in [-0.3, -0.25) is 9.59 Å². The van der Waals surface area contributed by atoms with E-state index in [9.17, 15) is 14.4 Å². The van der Waals surface area contributed by atoms with Gasteiger partial charge in [0.15, 0.2) is 0 Å². The molecule has 0 spiro atoms. The Morgan fingerprint density at radius 3 is 2.05 bits per heavy atom. The van der Waals surface area contributed by atoms with E-state index < -0.39 is 16.2 Å². The first kappa shape index (κ1) is 26.0. The molecule has 0 N–H and O–H groups in total. The number of amides is 2. The Morgan fingerprint density at radius 1 is 0.821 bits per heavy atom. The number of rotatable bonds is 9. The Kier molecular flexibility index (Phi) is 6.92. The Labute approximate surface area is 237 Å². The van der Waals surface area contributed by atoms with Crippen molar-refractivity contribution < 1.29 is 19.1 Å². The average Bonchev–Trinajstić information content (AvgIpc) is 3.23. The summed E-state index contributed by atoms with van der Waals surface area (Å²) < 4.78 is 4.67. The summed E-state index contributed by atoms with van der Waals surface area (Å²) in [5.41, 5.74) is 5.21. The van der Waals surface area contributed by atoms with Crippen LogP contribution in [0.3, 0.4) is 0 Å². The number of carbonyl (C=O) groups is 3. The van der Waals surface area contributed by atoms with Crippen molar-refractivity contribution in [2.24, 2.45) is 11.8 Å². The van der Waals surface area contributed by atoms with E-state index in [2.05, 4.69) is 47.1 Å². The Morgan fingerprint density at radius 2 is 1.41 bits per heavy atom. The minimum atomic E-state index is -0.776. The van der Waals surface area contributed by atoms with Gasteiger partial charge in [0.1, 0.15) is 0 Å². The molecule has 4 aliphatic rings. The standard InChI is InChI=1S/C33H32BrNO4/c1-2-3-4-5-6-11-20-39-32(38)21-16-18-22(19-17-21)35-30(36)28-27-23-12-7-9-14-25(23)33(34,29(28)31(35)37)26-15-10-8-13-24(26)27/h7-10,12-19,27-29H,2-6,11,20H2,1H3/t27?,28-,29+,33?/m1/s1. The van der Waals surface area contributed by atoms with Gasteiger partial charge in [-0.15, -0.1) is 0 Å². The van der Waals surface area contributed by atoms with Gasteiger partial charge in [-0.05, 0) is 52.9 Å². The first-order valence-electron chi connectivity index (χ1n) is 14.0. The molecule has 1 saturated heterocycles. The molecule has 2 bridgehead atoms. The van der Waals surface area contributed by atoms with Gasteiger partial charge >= 0.3 is 5.97 Å². The van der Waals surface area contributed by atoms with E-state index in [1.807, 2.05) is 24.3 Å². The van der Waals surface area contributed by atoms with E-state index in [-0.39, 0.29) is 23.7 Å². The van der Waals surface area contributed by atoms with Gasteiger partial charge in [0, 0.05) is 5.92 Å². The van der Waals surface area contributed by atoms with Crippen molar-refractivity contribution in [1.29, 1.82) is 0 Å². The van der Waals surface area contributed by atoms with Crippen LogP contribution in [-0.2, 0) is 18.7 Å². The summed E-state index contributed by atoms with van der Waals surface area (Å²) in [7, 11) is 0. The lowest BCUT2D eigenvalue weighted by molar-refractivity contribution is -0.122. The first-order chi connectivity index (χ1) is 19.0. The Bertz CT molecular complexity index is 1380. The SMILES string of the molecule is CCCCCCCCOC(=O)c1ccc(N2C(=O)[C@@H]3C4c5ccccc5C(Br)(c5ccccc54)[C@@H]3C2=O)cc1. The number of ether oxygens (including phenoxy) is 1. The summed E-state index contributed by atoms with van der Waals surface area (Å²) in [4.78, 5) is 41.9. The zero-order chi connectivity index (χ0) is 27.1. The number of hydrogen-bond acceptors (Lipinski definition) is 4. The highest BCUT2D eigenvalue weighted by atomic mass is 79.9. The second-order valence-electron chi connectivity index (χ2n) is 10.8. The number of anilines is 1. The van der Waals surface area contributed by atoms with Crippen molar-refractivity contribution in [2.75, 3.05) is 11.5 Å². The van der Waals surface area contributed by atoms with Crippen molar-refractivity contribution >= 4 is 39.4 Å². The summed E-state index contributed by atoms with van der Waals surface area (Å²) in [5, 5.41) is 0. The maximum absolute atomic E-state index is 14.0. The van der Waals surface area contributed by atoms with Crippen molar-refractivity contribution in [3.63, 3.8) is 0 Å². The highest BCUT2D eigenvalue weighted by Gasteiger charge is 2.67. The Hall–Kier alpha value is -3.25. The lowest BCUT2D eigenvalue weighted by Crippen LogP contribution is -2.50. The van der Waals surface area contributed by atoms with Crippen molar-refractivity contribution in [3.05, 3.63) is 101 Å². The number of carbonyl (C=O) groups excluding carboxylic acids is 3. The first-order valence-corrected chi connectivity index (χ1v) is 14.8. The molecular weight excluding hydrogens is 554 g/mol. The number of benzene rings is 3. The van der Waals surface area contributed by atoms with E-state index in [1.165, 1.54) is 24.2 Å². The summed E-state index contributed by atoms with van der Waals surface area (Å²) in [6.45, 7) is 2.59. The molecule has 200 valence electrons. The lowest BCUT2D eigenvalue weighted by Gasteiger charge is -2.51. The highest BCUT2D eigenvalue weighted by Crippen LogP contribution is 2.66. The maximum Gasteiger partial charge on any atom is 0.338 e. The molecule has 0 unspecified atom stereocenters. The molecule has 1 fully saturated rings. The molecule has 1 heterocycles. The number of alkyl halides is 1. The summed E-state index contributed by atoms with van der Waals surface area (Å²) in [6, 6.07) is 22.9. The third-order valence-electron chi connectivity index (χ3n) is 8.61. The van der Waals surface area contributed by atoms with Crippen LogP contribution in [0.15, 0.2) is 72.8 Å². The average molecular weight is 587 g/mol. The summed E-state index contributed by atoms with van der Waals surface area (Å²) in [6.07, 6.45) is 6.74. The van der Waals surface area contributed by atoms with Crippen LogP contribution in [0.4, 0.5) is 5.69 Å². The van der Waals surface area contributed by atoms with Crippen molar-refractivity contribution in [2.45, 2.75) is 55.7 Å². The molecular formula is C33H32BrNO4. The number of nitrogens with zero attached hydrogens (tertiary/aromatic N) is 1. The number of imide groups is 1. The fourth-order valence-corrected chi connectivity index (χ4v) is 8.01. The second-order valence-corrected chi connectivity index (χ2v) is 12.1. The van der Waals surface area contributed by atoms with Crippen molar-refractivity contribution in [3.8, 4) is 0 Å². The lowest BCUT2D eigenvalue weighted by atomic mass is 9.55. The molecule has 7 rings (SSSR count). The zero-order valence-electron chi connectivity index (χ0n) is 22.1. The van der Waals surface area contributed by atoms with Crippen LogP contribution in [0.5, 0.6) is 0 Å². The molecule has 1 aliphatic heterocycles. The van der Waals surface area contributed by atoms with Crippen molar-refractivity contribution in [1.82, 2.24) is 0 Å². The van der Waals surface area contributed by atoms with Crippen LogP contribution < -0.4 is 4.90 Å². The maximum atomic E-state index is 14.0. The molecule has 0 radical (unpaired) electrons. The molecule has 0 aromatic heterocycles. The van der Waals surface area contributed by atoms with Crippen LogP contribution in [0.2, 0.25) is 0 Å². The van der Waals surface area contributed by atoms with Crippen LogP contribution in [-0.4, -0.2) is 24.4 Å². The largest absolute Gasteiger partial charge is 0.462 e. The zero-order valence-corrected chi connectivity index (χ0v) is 23.7. The number of hydrogen-bond donors (Lipinski definition) is 0. The third-order valence-corrected chi connectivity index (χ3v) is 9.95. The molecule has 2 atom stereocenters. The van der Waals surface area contributed by atoms with Gasteiger partial charge in [0.25, 0.3) is 0 Å². The van der Waals surface area contributed by atoms with E-state index in [4.69, 9.17) is 4.74 Å². The van der Waals surface area contributed by atoms with Gasteiger partial charge in [-0.1, -0.05) is 103 Å². The molecule has 6 heteroatoms. The van der Waals surface area contributed by atoms with Gasteiger partial charge in [0.05, 0.1) is 34.0 Å². The number of halogens is 1. The van der Waals surface area contributed by atoms with Crippen LogP contribution >= 0.6 is 15.9 Å². The van der Waals surface area contributed by atoms with Gasteiger partial charge < -0.3 is 4.74 Å². The van der Waals surface area contributed by atoms with Crippen LogP contribution in [0.25, 0.3) is 0 Å². The predicted molar refractivity (Wildman–Crippen MR) is 154 cm³/mol. The quantitative estimate of drug-likeness (QED) is 0.116. The molecule has 3 aliphatic carbocycles. The third kappa shape index (κ3) is 4.07. The molecule has 3 aromatic rings. The molecule has 5 nitrogen and oxygen atoms in total. The monoisotopic (exact) mass is 585 g/mol. The second kappa shape index (κ2) is 10.4. The predicted octanol–water partition coefficient (Wildman–Crippen LogP) is 7.11. The highest BCUT2D eigenvalue weighted by molar-refractivity contribution is 9.09. The smallest absolute Gasteiger partial charge is 0.338 e. The van der Waals surface area contributed by atoms with Crippen LogP contribution in [0.1, 0.15) is 84.0 Å². The molecule has 39 heavy (non-hydrogen) atoms. The molecule has 2 amide bonds. The number of esters is 1.